The predicted molar refractivity (Wildman–Crippen MR) is 52.6 cm³/mol. The molecule has 0 aromatic carbocycles. The number of carbonyl (C=O) groups excluding carboxylic acids is 1. The van der Waals surface area contributed by atoms with E-state index in [4.69, 9.17) is 5.26 Å². The van der Waals surface area contributed by atoms with Gasteiger partial charge in [-0.15, -0.1) is 0 Å². The Morgan fingerprint density at radius 2 is 2.40 bits per heavy atom. The Hall–Kier alpha value is -1.83. The Morgan fingerprint density at radius 1 is 1.67 bits per heavy atom. The van der Waals surface area contributed by atoms with E-state index in [0.29, 0.717) is 13.1 Å². The minimum atomic E-state index is -0.278. The van der Waals surface area contributed by atoms with E-state index >= 15 is 0 Å². The van der Waals surface area contributed by atoms with Gasteiger partial charge in [-0.3, -0.25) is 9.48 Å². The number of amides is 1. The van der Waals surface area contributed by atoms with E-state index < -0.39 is 0 Å². The van der Waals surface area contributed by atoms with Gasteiger partial charge in [-0.2, -0.15) is 10.4 Å². The molecular weight excluding hydrogens is 192 g/mol. The summed E-state index contributed by atoms with van der Waals surface area (Å²) in [6.45, 7) is 2.93. The maximum absolute atomic E-state index is 11.8. The van der Waals surface area contributed by atoms with Gasteiger partial charge >= 0.3 is 0 Å². The molecule has 1 amide bonds. The Balaban J connectivity index is 1.96. The fraction of sp³-hybridized carbons (Fsp3) is 0.500. The Labute approximate surface area is 87.9 Å². The van der Waals surface area contributed by atoms with Crippen molar-refractivity contribution in [2.24, 2.45) is 5.92 Å². The van der Waals surface area contributed by atoms with E-state index in [-0.39, 0.29) is 17.9 Å². The lowest BCUT2D eigenvalue weighted by Crippen LogP contribution is -2.51. The summed E-state index contributed by atoms with van der Waals surface area (Å²) in [5.74, 6) is 0.0453. The first-order chi connectivity index (χ1) is 7.22. The van der Waals surface area contributed by atoms with E-state index in [1.54, 1.807) is 28.0 Å². The highest BCUT2D eigenvalue weighted by Crippen LogP contribution is 2.19. The molecule has 1 aliphatic rings. The maximum atomic E-state index is 11.8. The van der Waals surface area contributed by atoms with E-state index in [1.165, 1.54) is 0 Å². The summed E-state index contributed by atoms with van der Waals surface area (Å²) in [6.07, 6.45) is 3.42. The average Bonchev–Trinajstić information content (AvgIpc) is 2.67. The summed E-state index contributed by atoms with van der Waals surface area (Å²) >= 11 is 0. The van der Waals surface area contributed by atoms with Crippen molar-refractivity contribution in [3.63, 3.8) is 0 Å². The van der Waals surface area contributed by atoms with Crippen LogP contribution in [-0.2, 0) is 4.79 Å². The molecule has 2 heterocycles. The SMILES string of the molecule is CC(C(=O)N1CC(C#N)C1)n1cccn1. The Morgan fingerprint density at radius 3 is 2.93 bits per heavy atom. The van der Waals surface area contributed by atoms with E-state index in [0.717, 1.165) is 0 Å². The number of aromatic nitrogens is 2. The van der Waals surface area contributed by atoms with E-state index in [1.807, 2.05) is 6.92 Å². The molecule has 1 aromatic rings. The minimum Gasteiger partial charge on any atom is -0.338 e. The van der Waals surface area contributed by atoms with Crippen LogP contribution in [0.5, 0.6) is 0 Å². The summed E-state index contributed by atoms with van der Waals surface area (Å²) in [5.41, 5.74) is 0. The van der Waals surface area contributed by atoms with Crippen molar-refractivity contribution >= 4 is 5.91 Å². The first-order valence-corrected chi connectivity index (χ1v) is 4.90. The van der Waals surface area contributed by atoms with Crippen molar-refractivity contribution in [3.05, 3.63) is 18.5 Å². The van der Waals surface area contributed by atoms with Crippen LogP contribution in [0.1, 0.15) is 13.0 Å². The van der Waals surface area contributed by atoms with Crippen LogP contribution in [0.4, 0.5) is 0 Å². The van der Waals surface area contributed by atoms with Gasteiger partial charge in [0.1, 0.15) is 6.04 Å². The molecule has 1 fully saturated rings. The molecule has 0 radical (unpaired) electrons. The second-order valence-corrected chi connectivity index (χ2v) is 3.73. The second kappa shape index (κ2) is 3.73. The topological polar surface area (TPSA) is 61.9 Å². The molecule has 0 N–H and O–H groups in total. The Kier molecular flexibility index (Phi) is 2.42. The van der Waals surface area contributed by atoms with Crippen LogP contribution in [0.15, 0.2) is 18.5 Å². The fourth-order valence-electron chi connectivity index (χ4n) is 1.63. The fourth-order valence-corrected chi connectivity index (χ4v) is 1.63. The summed E-state index contributed by atoms with van der Waals surface area (Å²) < 4.78 is 1.63. The average molecular weight is 204 g/mol. The molecule has 1 atom stereocenters. The lowest BCUT2D eigenvalue weighted by Gasteiger charge is -2.36. The second-order valence-electron chi connectivity index (χ2n) is 3.73. The van der Waals surface area contributed by atoms with Gasteiger partial charge in [0, 0.05) is 25.5 Å². The van der Waals surface area contributed by atoms with Crippen LogP contribution in [0, 0.1) is 17.2 Å². The van der Waals surface area contributed by atoms with Crippen LogP contribution < -0.4 is 0 Å². The lowest BCUT2D eigenvalue weighted by molar-refractivity contribution is -0.139. The van der Waals surface area contributed by atoms with Crippen LogP contribution in [0.25, 0.3) is 0 Å². The number of likely N-dealkylation sites (tertiary alicyclic amines) is 1. The van der Waals surface area contributed by atoms with Crippen molar-refractivity contribution in [2.45, 2.75) is 13.0 Å². The summed E-state index contributed by atoms with van der Waals surface area (Å²) in [4.78, 5) is 13.5. The normalized spacial score (nSPS) is 18.0. The molecule has 0 aliphatic carbocycles. The lowest BCUT2D eigenvalue weighted by atomic mass is 10.0. The molecule has 15 heavy (non-hydrogen) atoms. The molecular formula is C10H12N4O. The third kappa shape index (κ3) is 1.71. The van der Waals surface area contributed by atoms with Crippen LogP contribution in [0.3, 0.4) is 0 Å². The summed E-state index contributed by atoms with van der Waals surface area (Å²) in [6, 6.07) is 3.66. The van der Waals surface area contributed by atoms with Gasteiger partial charge in [-0.25, -0.2) is 0 Å². The van der Waals surface area contributed by atoms with Gasteiger partial charge in [-0.05, 0) is 13.0 Å². The number of carbonyl (C=O) groups is 1. The monoisotopic (exact) mass is 204 g/mol. The summed E-state index contributed by atoms with van der Waals surface area (Å²) in [5, 5.41) is 12.6. The van der Waals surface area contributed by atoms with Gasteiger partial charge in [0.2, 0.25) is 5.91 Å². The molecule has 1 unspecified atom stereocenters. The van der Waals surface area contributed by atoms with Gasteiger partial charge < -0.3 is 4.90 Å². The predicted octanol–water partition coefficient (Wildman–Crippen LogP) is 0.426. The third-order valence-electron chi connectivity index (χ3n) is 2.65. The molecule has 1 aromatic heterocycles. The highest BCUT2D eigenvalue weighted by molar-refractivity contribution is 5.80. The van der Waals surface area contributed by atoms with Crippen molar-refractivity contribution in [3.8, 4) is 6.07 Å². The molecule has 5 heteroatoms. The Bertz CT molecular complexity index is 386. The quantitative estimate of drug-likeness (QED) is 0.701. The highest BCUT2D eigenvalue weighted by Gasteiger charge is 2.33. The molecule has 0 bridgehead atoms. The van der Waals surface area contributed by atoms with Crippen molar-refractivity contribution in [1.82, 2.24) is 14.7 Å². The van der Waals surface area contributed by atoms with Crippen LogP contribution in [0.2, 0.25) is 0 Å². The molecule has 78 valence electrons. The van der Waals surface area contributed by atoms with Gasteiger partial charge in [0.25, 0.3) is 0 Å². The zero-order valence-electron chi connectivity index (χ0n) is 8.50. The van der Waals surface area contributed by atoms with Crippen molar-refractivity contribution < 1.29 is 4.79 Å². The van der Waals surface area contributed by atoms with Crippen molar-refractivity contribution in [1.29, 1.82) is 5.26 Å². The molecule has 2 rings (SSSR count). The molecule has 5 nitrogen and oxygen atoms in total. The number of hydrogen-bond acceptors (Lipinski definition) is 3. The zero-order valence-corrected chi connectivity index (χ0v) is 8.50. The van der Waals surface area contributed by atoms with E-state index in [2.05, 4.69) is 11.2 Å². The minimum absolute atomic E-state index is 0.0128. The molecule has 1 aliphatic heterocycles. The van der Waals surface area contributed by atoms with Crippen LogP contribution in [-0.4, -0.2) is 33.7 Å². The van der Waals surface area contributed by atoms with Gasteiger partial charge in [0.15, 0.2) is 0 Å². The summed E-state index contributed by atoms with van der Waals surface area (Å²) in [7, 11) is 0. The van der Waals surface area contributed by atoms with Crippen LogP contribution >= 0.6 is 0 Å². The van der Waals surface area contributed by atoms with Gasteiger partial charge in [-0.1, -0.05) is 0 Å². The third-order valence-corrected chi connectivity index (χ3v) is 2.65. The standard InChI is InChI=1S/C10H12N4O/c1-8(14-4-2-3-12-14)10(15)13-6-9(5-11)7-13/h2-4,8-9H,6-7H2,1H3. The smallest absolute Gasteiger partial charge is 0.247 e. The molecule has 0 saturated carbocycles. The van der Waals surface area contributed by atoms with E-state index in [9.17, 15) is 4.79 Å². The molecule has 0 spiro atoms. The molecule has 1 saturated heterocycles. The maximum Gasteiger partial charge on any atom is 0.247 e. The van der Waals surface area contributed by atoms with Crippen molar-refractivity contribution in [2.75, 3.05) is 13.1 Å². The van der Waals surface area contributed by atoms with Gasteiger partial charge in [0.05, 0.1) is 12.0 Å². The highest BCUT2D eigenvalue weighted by atomic mass is 16.2. The number of hydrogen-bond donors (Lipinski definition) is 0. The largest absolute Gasteiger partial charge is 0.338 e. The first-order valence-electron chi connectivity index (χ1n) is 4.90. The number of nitriles is 1. The zero-order chi connectivity index (χ0) is 10.8. The first kappa shape index (κ1) is 9.71. The number of rotatable bonds is 2. The number of nitrogens with zero attached hydrogens (tertiary/aromatic N) is 4.